The molecule has 5 nitrogen and oxygen atoms in total. The maximum atomic E-state index is 5.52. The van der Waals surface area contributed by atoms with E-state index in [1.165, 1.54) is 29.2 Å². The summed E-state index contributed by atoms with van der Waals surface area (Å²) in [5.41, 5.74) is 3.93. The molecular formula is C15H26N4OS. The quantitative estimate of drug-likeness (QED) is 0.859. The van der Waals surface area contributed by atoms with Crippen LogP contribution >= 0.6 is 11.8 Å². The summed E-state index contributed by atoms with van der Waals surface area (Å²) >= 11 is 2.09. The maximum Gasteiger partial charge on any atom is 0.0638 e. The molecule has 0 radical (unpaired) electrons. The highest BCUT2D eigenvalue weighted by Crippen LogP contribution is 2.33. The number of aromatic amines is 1. The molecule has 1 atom stereocenters. The van der Waals surface area contributed by atoms with Gasteiger partial charge in [0.25, 0.3) is 0 Å². The Morgan fingerprint density at radius 1 is 1.38 bits per heavy atom. The minimum Gasteiger partial charge on any atom is -0.379 e. The molecule has 0 bridgehead atoms. The summed E-state index contributed by atoms with van der Waals surface area (Å²) in [6, 6.07) is 0. The Labute approximate surface area is 131 Å². The van der Waals surface area contributed by atoms with E-state index in [1.54, 1.807) is 0 Å². The average molecular weight is 310 g/mol. The molecule has 2 aliphatic rings. The zero-order chi connectivity index (χ0) is 14.7. The summed E-state index contributed by atoms with van der Waals surface area (Å²) in [6.07, 6.45) is 1.29. The Balaban J connectivity index is 1.60. The first-order chi connectivity index (χ1) is 10.2. The molecule has 3 heterocycles. The van der Waals surface area contributed by atoms with Gasteiger partial charge in [0.2, 0.25) is 0 Å². The molecule has 0 saturated carbocycles. The number of hydrogen-bond donors (Lipinski definition) is 2. The normalized spacial score (nSPS) is 27.3. The summed E-state index contributed by atoms with van der Waals surface area (Å²) in [5, 5.41) is 11.0. The number of thioether (sulfide) groups is 1. The molecule has 2 saturated heterocycles. The van der Waals surface area contributed by atoms with Crippen molar-refractivity contribution >= 4 is 11.8 Å². The number of hydrogen-bond acceptors (Lipinski definition) is 5. The van der Waals surface area contributed by atoms with E-state index in [0.717, 1.165) is 45.1 Å². The van der Waals surface area contributed by atoms with Crippen LogP contribution in [-0.4, -0.2) is 65.0 Å². The standard InChI is InChI=1S/C15H26N4OS/c1-12-14(13(2)18-17-12)9-16-10-15(3-8-21-11-15)19-4-6-20-7-5-19/h16H,3-11H2,1-2H3,(H,17,18)/t15-/m0/s1. The van der Waals surface area contributed by atoms with E-state index in [2.05, 4.69) is 46.0 Å². The first-order valence-electron chi connectivity index (χ1n) is 7.83. The van der Waals surface area contributed by atoms with Crippen molar-refractivity contribution < 1.29 is 4.74 Å². The number of ether oxygens (including phenoxy) is 1. The molecule has 2 N–H and O–H groups in total. The predicted molar refractivity (Wildman–Crippen MR) is 86.8 cm³/mol. The van der Waals surface area contributed by atoms with Gasteiger partial charge in [0.15, 0.2) is 0 Å². The van der Waals surface area contributed by atoms with E-state index in [4.69, 9.17) is 4.74 Å². The van der Waals surface area contributed by atoms with E-state index in [0.29, 0.717) is 5.54 Å². The second-order valence-corrected chi connectivity index (χ2v) is 7.25. The molecule has 21 heavy (non-hydrogen) atoms. The Morgan fingerprint density at radius 3 is 2.81 bits per heavy atom. The van der Waals surface area contributed by atoms with Crippen molar-refractivity contribution in [3.63, 3.8) is 0 Å². The summed E-state index contributed by atoms with van der Waals surface area (Å²) in [4.78, 5) is 2.65. The SMILES string of the molecule is Cc1n[nH]c(C)c1CNC[C@@]1(N2CCOCC2)CCSC1. The number of H-pyrrole nitrogens is 1. The molecule has 3 rings (SSSR count). The maximum absolute atomic E-state index is 5.52. The second kappa shape index (κ2) is 6.69. The van der Waals surface area contributed by atoms with E-state index >= 15 is 0 Å². The Hall–Kier alpha value is -0.560. The van der Waals surface area contributed by atoms with Gasteiger partial charge in [-0.2, -0.15) is 16.9 Å². The molecule has 6 heteroatoms. The van der Waals surface area contributed by atoms with Crippen LogP contribution in [0.5, 0.6) is 0 Å². The molecule has 0 spiro atoms. The van der Waals surface area contributed by atoms with Gasteiger partial charge in [0.1, 0.15) is 0 Å². The first kappa shape index (κ1) is 15.3. The van der Waals surface area contributed by atoms with E-state index in [-0.39, 0.29) is 0 Å². The summed E-state index contributed by atoms with van der Waals surface area (Å²) < 4.78 is 5.52. The molecule has 0 unspecified atom stereocenters. The largest absolute Gasteiger partial charge is 0.379 e. The van der Waals surface area contributed by atoms with Gasteiger partial charge in [-0.3, -0.25) is 10.00 Å². The van der Waals surface area contributed by atoms with E-state index < -0.39 is 0 Å². The third kappa shape index (κ3) is 3.28. The highest BCUT2D eigenvalue weighted by atomic mass is 32.2. The van der Waals surface area contributed by atoms with E-state index in [9.17, 15) is 0 Å². The fraction of sp³-hybridized carbons (Fsp3) is 0.800. The molecule has 1 aromatic rings. The fourth-order valence-electron chi connectivity index (χ4n) is 3.39. The van der Waals surface area contributed by atoms with Gasteiger partial charge >= 0.3 is 0 Å². The molecule has 0 aromatic carbocycles. The monoisotopic (exact) mass is 310 g/mol. The van der Waals surface area contributed by atoms with Gasteiger partial charge in [-0.15, -0.1) is 0 Å². The third-order valence-corrected chi connectivity index (χ3v) is 6.04. The lowest BCUT2D eigenvalue weighted by Crippen LogP contribution is -2.58. The Bertz CT molecular complexity index is 445. The van der Waals surface area contributed by atoms with E-state index in [1.807, 2.05) is 0 Å². The summed E-state index contributed by atoms with van der Waals surface area (Å²) in [6.45, 7) is 10.1. The summed E-state index contributed by atoms with van der Waals surface area (Å²) in [7, 11) is 0. The van der Waals surface area contributed by atoms with Crippen LogP contribution in [0.25, 0.3) is 0 Å². The van der Waals surface area contributed by atoms with Crippen LogP contribution in [0, 0.1) is 13.8 Å². The fourth-order valence-corrected chi connectivity index (χ4v) is 4.87. The number of nitrogens with zero attached hydrogens (tertiary/aromatic N) is 2. The minimum absolute atomic E-state index is 0.319. The van der Waals surface area contributed by atoms with Gasteiger partial charge in [-0.25, -0.2) is 0 Å². The van der Waals surface area contributed by atoms with Crippen molar-refractivity contribution in [2.75, 3.05) is 44.4 Å². The van der Waals surface area contributed by atoms with Gasteiger partial charge < -0.3 is 10.1 Å². The average Bonchev–Trinajstić information content (AvgIpc) is 3.11. The van der Waals surface area contributed by atoms with Crippen molar-refractivity contribution in [3.8, 4) is 0 Å². The lowest BCUT2D eigenvalue weighted by Gasteiger charge is -2.43. The number of aromatic nitrogens is 2. The Kier molecular flexibility index (Phi) is 4.88. The van der Waals surface area contributed by atoms with Crippen LogP contribution in [0.15, 0.2) is 0 Å². The van der Waals surface area contributed by atoms with Crippen molar-refractivity contribution in [3.05, 3.63) is 17.0 Å². The lowest BCUT2D eigenvalue weighted by atomic mass is 9.95. The van der Waals surface area contributed by atoms with Gasteiger partial charge in [0, 0.05) is 48.7 Å². The molecule has 0 aliphatic carbocycles. The van der Waals surface area contributed by atoms with Crippen LogP contribution < -0.4 is 5.32 Å². The molecule has 1 aromatic heterocycles. The number of aryl methyl sites for hydroxylation is 2. The third-order valence-electron chi connectivity index (χ3n) is 4.80. The van der Waals surface area contributed by atoms with Crippen molar-refractivity contribution in [2.45, 2.75) is 32.4 Å². The molecule has 2 fully saturated rings. The van der Waals surface area contributed by atoms with Gasteiger partial charge in [-0.05, 0) is 26.0 Å². The van der Waals surface area contributed by atoms with Gasteiger partial charge in [-0.1, -0.05) is 0 Å². The zero-order valence-electron chi connectivity index (χ0n) is 13.1. The van der Waals surface area contributed by atoms with Crippen LogP contribution in [-0.2, 0) is 11.3 Å². The van der Waals surface area contributed by atoms with Crippen LogP contribution in [0.4, 0.5) is 0 Å². The molecular weight excluding hydrogens is 284 g/mol. The molecule has 2 aliphatic heterocycles. The predicted octanol–water partition coefficient (Wildman–Crippen LogP) is 1.32. The topological polar surface area (TPSA) is 53.2 Å². The van der Waals surface area contributed by atoms with Gasteiger partial charge in [0.05, 0.1) is 18.9 Å². The number of rotatable bonds is 5. The smallest absolute Gasteiger partial charge is 0.0638 e. The minimum atomic E-state index is 0.319. The van der Waals surface area contributed by atoms with Crippen molar-refractivity contribution in [1.29, 1.82) is 0 Å². The van der Waals surface area contributed by atoms with Crippen molar-refractivity contribution in [1.82, 2.24) is 20.4 Å². The molecule has 118 valence electrons. The lowest BCUT2D eigenvalue weighted by molar-refractivity contribution is -0.0134. The van der Waals surface area contributed by atoms with Crippen LogP contribution in [0.2, 0.25) is 0 Å². The Morgan fingerprint density at radius 2 is 2.19 bits per heavy atom. The van der Waals surface area contributed by atoms with Crippen molar-refractivity contribution in [2.24, 2.45) is 0 Å². The highest BCUT2D eigenvalue weighted by molar-refractivity contribution is 7.99. The van der Waals surface area contributed by atoms with Crippen LogP contribution in [0.1, 0.15) is 23.4 Å². The summed E-state index contributed by atoms with van der Waals surface area (Å²) in [5.74, 6) is 2.52. The second-order valence-electron chi connectivity index (χ2n) is 6.14. The highest BCUT2D eigenvalue weighted by Gasteiger charge is 2.40. The molecule has 0 amide bonds. The number of morpholine rings is 1. The number of nitrogens with one attached hydrogen (secondary N) is 2. The van der Waals surface area contributed by atoms with Crippen LogP contribution in [0.3, 0.4) is 0 Å². The first-order valence-corrected chi connectivity index (χ1v) is 8.98. The zero-order valence-corrected chi connectivity index (χ0v) is 13.9.